The zero-order valence-corrected chi connectivity index (χ0v) is 24.7. The standard InChI is InChI=1S/C29H49N3O5/c1-12-13-20(5)30-25(34)24(21-14-15-23(33)19(4)17-21)32(28(6,7)8)26(35)22(16-18(2)3)31-27(36)37-29(9,10)11/h14-15,17-18,20,22,24,33H,12-13,16H2,1-11H3,(H,30,34)(H,31,36). The highest BCUT2D eigenvalue weighted by atomic mass is 16.6. The number of nitrogens with zero attached hydrogens (tertiary/aromatic N) is 1. The Bertz CT molecular complexity index is 930. The maximum absolute atomic E-state index is 14.2. The van der Waals surface area contributed by atoms with Crippen LogP contribution in [0.4, 0.5) is 4.79 Å². The third-order valence-corrected chi connectivity index (χ3v) is 5.81. The first kappa shape index (κ1) is 32.3. The predicted octanol–water partition coefficient (Wildman–Crippen LogP) is 5.61. The molecule has 0 spiro atoms. The van der Waals surface area contributed by atoms with Crippen LogP contribution < -0.4 is 10.6 Å². The number of phenolic OH excluding ortho intramolecular Hbond substituents is 1. The lowest BCUT2D eigenvalue weighted by Crippen LogP contribution is -2.59. The summed E-state index contributed by atoms with van der Waals surface area (Å²) < 4.78 is 5.44. The highest BCUT2D eigenvalue weighted by Gasteiger charge is 2.42. The summed E-state index contributed by atoms with van der Waals surface area (Å²) >= 11 is 0. The summed E-state index contributed by atoms with van der Waals surface area (Å²) in [6.45, 7) is 20.6. The number of carbonyl (C=O) groups is 3. The number of aryl methyl sites for hydroxylation is 1. The highest BCUT2D eigenvalue weighted by molar-refractivity contribution is 5.92. The van der Waals surface area contributed by atoms with Crippen molar-refractivity contribution in [3.05, 3.63) is 29.3 Å². The van der Waals surface area contributed by atoms with Crippen molar-refractivity contribution < 1.29 is 24.2 Å². The van der Waals surface area contributed by atoms with Gasteiger partial charge in [-0.05, 0) is 97.4 Å². The molecule has 8 nitrogen and oxygen atoms in total. The quantitative estimate of drug-likeness (QED) is 0.372. The normalized spacial score (nSPS) is 14.5. The first-order valence-corrected chi connectivity index (χ1v) is 13.3. The molecule has 8 heteroatoms. The summed E-state index contributed by atoms with van der Waals surface area (Å²) in [5, 5.41) is 15.9. The molecule has 0 saturated heterocycles. The van der Waals surface area contributed by atoms with Gasteiger partial charge in [0.25, 0.3) is 0 Å². The molecule has 0 radical (unpaired) electrons. The number of hydrogen-bond donors (Lipinski definition) is 3. The molecule has 0 aliphatic carbocycles. The van der Waals surface area contributed by atoms with Gasteiger partial charge in [0.2, 0.25) is 11.8 Å². The Balaban J connectivity index is 3.62. The van der Waals surface area contributed by atoms with Crippen LogP contribution in [0.2, 0.25) is 0 Å². The van der Waals surface area contributed by atoms with E-state index in [2.05, 4.69) is 10.6 Å². The van der Waals surface area contributed by atoms with Crippen molar-refractivity contribution >= 4 is 17.9 Å². The summed E-state index contributed by atoms with van der Waals surface area (Å²) in [5.74, 6) is -0.477. The summed E-state index contributed by atoms with van der Waals surface area (Å²) in [7, 11) is 0. The van der Waals surface area contributed by atoms with Crippen LogP contribution in [-0.4, -0.2) is 51.1 Å². The lowest BCUT2D eigenvalue weighted by atomic mass is 9.92. The molecular weight excluding hydrogens is 470 g/mol. The minimum Gasteiger partial charge on any atom is -0.508 e. The predicted molar refractivity (Wildman–Crippen MR) is 147 cm³/mol. The molecule has 210 valence electrons. The lowest BCUT2D eigenvalue weighted by molar-refractivity contribution is -0.149. The van der Waals surface area contributed by atoms with Crippen LogP contribution in [0.3, 0.4) is 0 Å². The average Bonchev–Trinajstić information content (AvgIpc) is 2.70. The van der Waals surface area contributed by atoms with E-state index < -0.39 is 29.3 Å². The molecule has 0 saturated carbocycles. The molecule has 0 aromatic heterocycles. The van der Waals surface area contributed by atoms with Crippen molar-refractivity contribution in [2.45, 2.75) is 125 Å². The van der Waals surface area contributed by atoms with Crippen molar-refractivity contribution in [3.8, 4) is 5.75 Å². The van der Waals surface area contributed by atoms with Crippen molar-refractivity contribution in [1.82, 2.24) is 15.5 Å². The molecule has 1 aromatic rings. The number of hydrogen-bond acceptors (Lipinski definition) is 5. The lowest BCUT2D eigenvalue weighted by Gasteiger charge is -2.43. The fraction of sp³-hybridized carbons (Fsp3) is 0.690. The monoisotopic (exact) mass is 519 g/mol. The number of phenols is 1. The summed E-state index contributed by atoms with van der Waals surface area (Å²) in [6, 6.07) is 2.99. The Labute approximate surface area is 223 Å². The molecule has 0 fully saturated rings. The number of carbonyl (C=O) groups excluding carboxylic acids is 3. The van der Waals surface area contributed by atoms with Gasteiger partial charge in [-0.2, -0.15) is 0 Å². The maximum atomic E-state index is 14.2. The summed E-state index contributed by atoms with van der Waals surface area (Å²) in [4.78, 5) is 42.3. The third-order valence-electron chi connectivity index (χ3n) is 5.81. The van der Waals surface area contributed by atoms with Crippen LogP contribution in [0.25, 0.3) is 0 Å². The van der Waals surface area contributed by atoms with Gasteiger partial charge in [-0.1, -0.05) is 33.3 Å². The van der Waals surface area contributed by atoms with Crippen molar-refractivity contribution in [1.29, 1.82) is 0 Å². The smallest absolute Gasteiger partial charge is 0.408 e. The number of ether oxygens (including phenoxy) is 1. The topological polar surface area (TPSA) is 108 Å². The Morgan fingerprint density at radius 2 is 1.62 bits per heavy atom. The number of rotatable bonds is 10. The molecule has 1 aromatic carbocycles. The second-order valence-corrected chi connectivity index (χ2v) is 12.4. The van der Waals surface area contributed by atoms with E-state index >= 15 is 0 Å². The summed E-state index contributed by atoms with van der Waals surface area (Å²) in [6.07, 6.45) is 1.40. The molecule has 0 aliphatic rings. The Morgan fingerprint density at radius 3 is 2.08 bits per heavy atom. The van der Waals surface area contributed by atoms with Gasteiger partial charge in [-0.3, -0.25) is 9.59 Å². The molecule has 0 aliphatic heterocycles. The van der Waals surface area contributed by atoms with Gasteiger partial charge in [-0.15, -0.1) is 0 Å². The van der Waals surface area contributed by atoms with Gasteiger partial charge in [0, 0.05) is 11.6 Å². The number of nitrogens with one attached hydrogen (secondary N) is 2. The molecule has 3 N–H and O–H groups in total. The second kappa shape index (κ2) is 13.2. The van der Waals surface area contributed by atoms with Crippen LogP contribution >= 0.6 is 0 Å². The van der Waals surface area contributed by atoms with E-state index in [1.165, 1.54) is 6.07 Å². The molecule has 37 heavy (non-hydrogen) atoms. The third kappa shape index (κ3) is 10.3. The average molecular weight is 520 g/mol. The van der Waals surface area contributed by atoms with E-state index in [0.29, 0.717) is 17.5 Å². The van der Waals surface area contributed by atoms with Gasteiger partial charge in [0.1, 0.15) is 23.4 Å². The molecule has 3 amide bonds. The Kier molecular flexibility index (Phi) is 11.5. The minimum absolute atomic E-state index is 0.0820. The minimum atomic E-state index is -0.971. The van der Waals surface area contributed by atoms with Gasteiger partial charge < -0.3 is 25.4 Å². The fourth-order valence-corrected chi connectivity index (χ4v) is 4.25. The van der Waals surface area contributed by atoms with Crippen LogP contribution in [-0.2, 0) is 14.3 Å². The highest BCUT2D eigenvalue weighted by Crippen LogP contribution is 2.33. The Morgan fingerprint density at radius 1 is 1.03 bits per heavy atom. The largest absolute Gasteiger partial charge is 0.508 e. The van der Waals surface area contributed by atoms with Crippen LogP contribution in [0, 0.1) is 12.8 Å². The van der Waals surface area contributed by atoms with Gasteiger partial charge in [0.05, 0.1) is 0 Å². The van der Waals surface area contributed by atoms with Crippen LogP contribution in [0.1, 0.15) is 106 Å². The van der Waals surface area contributed by atoms with Crippen LogP contribution in [0.5, 0.6) is 5.75 Å². The zero-order chi connectivity index (χ0) is 28.7. The molecular formula is C29H49N3O5. The van der Waals surface area contributed by atoms with Crippen LogP contribution in [0.15, 0.2) is 18.2 Å². The Hall–Kier alpha value is -2.77. The zero-order valence-electron chi connectivity index (χ0n) is 24.7. The fourth-order valence-electron chi connectivity index (χ4n) is 4.25. The molecule has 0 bridgehead atoms. The molecule has 0 heterocycles. The van der Waals surface area contributed by atoms with Gasteiger partial charge in [0.15, 0.2) is 0 Å². The first-order chi connectivity index (χ1) is 16.9. The molecule has 1 rings (SSSR count). The SMILES string of the molecule is CCCC(C)NC(=O)C(c1ccc(O)c(C)c1)N(C(=O)C(CC(C)C)NC(=O)OC(C)(C)C)C(C)(C)C. The van der Waals surface area contributed by atoms with E-state index in [1.807, 2.05) is 48.5 Å². The number of aromatic hydroxyl groups is 1. The number of amides is 3. The number of alkyl carbamates (subject to hydrolysis) is 1. The van der Waals surface area contributed by atoms with Crippen molar-refractivity contribution in [3.63, 3.8) is 0 Å². The van der Waals surface area contributed by atoms with E-state index in [4.69, 9.17) is 4.74 Å². The molecule has 3 unspecified atom stereocenters. The maximum Gasteiger partial charge on any atom is 0.408 e. The van der Waals surface area contributed by atoms with E-state index in [1.54, 1.807) is 44.7 Å². The van der Waals surface area contributed by atoms with E-state index in [9.17, 15) is 19.5 Å². The van der Waals surface area contributed by atoms with E-state index in [0.717, 1.165) is 12.8 Å². The first-order valence-electron chi connectivity index (χ1n) is 13.3. The number of benzene rings is 1. The van der Waals surface area contributed by atoms with Gasteiger partial charge in [-0.25, -0.2) is 4.79 Å². The van der Waals surface area contributed by atoms with Crippen molar-refractivity contribution in [2.24, 2.45) is 5.92 Å². The van der Waals surface area contributed by atoms with Gasteiger partial charge >= 0.3 is 6.09 Å². The van der Waals surface area contributed by atoms with Crippen molar-refractivity contribution in [2.75, 3.05) is 0 Å². The molecule has 3 atom stereocenters. The summed E-state index contributed by atoms with van der Waals surface area (Å²) in [5.41, 5.74) is -0.311. The van der Waals surface area contributed by atoms with E-state index in [-0.39, 0.29) is 29.5 Å². The second-order valence-electron chi connectivity index (χ2n) is 12.4.